The Hall–Kier alpha value is -7.56. The van der Waals surface area contributed by atoms with Gasteiger partial charge in [0.05, 0.1) is 33.3 Å². The third-order valence-corrected chi connectivity index (χ3v) is 11.5. The predicted molar refractivity (Wildman–Crippen MR) is 234 cm³/mol. The zero-order valence-electron chi connectivity index (χ0n) is 30.3. The summed E-state index contributed by atoms with van der Waals surface area (Å²) in [5.41, 5.74) is 10.9. The van der Waals surface area contributed by atoms with Crippen LogP contribution in [-0.4, -0.2) is 19.1 Å². The van der Waals surface area contributed by atoms with Crippen molar-refractivity contribution in [3.63, 3.8) is 0 Å². The van der Waals surface area contributed by atoms with Crippen molar-refractivity contribution in [3.05, 3.63) is 194 Å². The Morgan fingerprint density at radius 2 is 0.839 bits per heavy atom. The second-order valence-electron chi connectivity index (χ2n) is 14.5. The fourth-order valence-corrected chi connectivity index (χ4v) is 9.11. The van der Waals surface area contributed by atoms with Gasteiger partial charge in [-0.1, -0.05) is 158 Å². The van der Waals surface area contributed by atoms with Gasteiger partial charge in [0.15, 0.2) is 0 Å². The van der Waals surface area contributed by atoms with Crippen molar-refractivity contribution < 1.29 is 0 Å². The van der Waals surface area contributed by atoms with E-state index in [2.05, 4.69) is 197 Å². The lowest BCUT2D eigenvalue weighted by molar-refractivity contribution is 1.01. The normalized spacial score (nSPS) is 11.9. The molecule has 0 saturated carbocycles. The van der Waals surface area contributed by atoms with Crippen molar-refractivity contribution in [3.8, 4) is 34.0 Å². The summed E-state index contributed by atoms with van der Waals surface area (Å²) in [5, 5.41) is 10.8. The van der Waals surface area contributed by atoms with Crippen LogP contribution in [0, 0.1) is 0 Å². The number of fused-ring (bicyclic) bond motifs is 13. The molecule has 0 atom stereocenters. The van der Waals surface area contributed by atoms with Crippen LogP contribution in [0.1, 0.15) is 0 Å². The quantitative estimate of drug-likeness (QED) is 0.170. The Morgan fingerprint density at radius 1 is 0.304 bits per heavy atom. The summed E-state index contributed by atoms with van der Waals surface area (Å²) in [4.78, 5) is 10.6. The minimum absolute atomic E-state index is 0.656. The molecule has 9 aromatic carbocycles. The first kappa shape index (κ1) is 30.9. The highest BCUT2D eigenvalue weighted by atomic mass is 15.2. The maximum absolute atomic E-state index is 5.38. The van der Waals surface area contributed by atoms with Crippen molar-refractivity contribution in [2.24, 2.45) is 0 Å². The smallest absolute Gasteiger partial charge is 0.235 e. The summed E-state index contributed by atoms with van der Waals surface area (Å²) >= 11 is 0. The van der Waals surface area contributed by atoms with Crippen LogP contribution in [0.5, 0.6) is 0 Å². The third kappa shape index (κ3) is 4.41. The minimum atomic E-state index is 0.656. The van der Waals surface area contributed by atoms with Crippen LogP contribution in [0.15, 0.2) is 194 Å². The van der Waals surface area contributed by atoms with E-state index in [1.54, 1.807) is 0 Å². The molecule has 4 nitrogen and oxygen atoms in total. The van der Waals surface area contributed by atoms with Gasteiger partial charge in [0.25, 0.3) is 0 Å². The number of hydrogen-bond donors (Lipinski definition) is 0. The molecule has 0 N–H and O–H groups in total. The molecule has 12 aromatic rings. The molecule has 0 saturated heterocycles. The van der Waals surface area contributed by atoms with E-state index < -0.39 is 0 Å². The molecule has 0 aliphatic rings. The Morgan fingerprint density at radius 3 is 1.57 bits per heavy atom. The Kier molecular flexibility index (Phi) is 6.60. The summed E-state index contributed by atoms with van der Waals surface area (Å²) in [5.74, 6) is 0.656. The summed E-state index contributed by atoms with van der Waals surface area (Å²) in [6.45, 7) is 0. The third-order valence-electron chi connectivity index (χ3n) is 11.5. The molecule has 3 aromatic heterocycles. The largest absolute Gasteiger partial charge is 0.309 e. The Bertz CT molecular complexity index is 3510. The van der Waals surface area contributed by atoms with Gasteiger partial charge in [0.2, 0.25) is 5.95 Å². The van der Waals surface area contributed by atoms with E-state index >= 15 is 0 Å². The monoisotopic (exact) mass is 712 g/mol. The van der Waals surface area contributed by atoms with Gasteiger partial charge < -0.3 is 4.57 Å². The van der Waals surface area contributed by atoms with Gasteiger partial charge in [-0.25, -0.2) is 9.97 Å². The summed E-state index contributed by atoms with van der Waals surface area (Å²) < 4.78 is 4.75. The predicted octanol–water partition coefficient (Wildman–Crippen LogP) is 13.5. The first-order chi connectivity index (χ1) is 27.8. The number of para-hydroxylation sites is 2. The average molecular weight is 713 g/mol. The molecule has 0 radical (unpaired) electrons. The lowest BCUT2D eigenvalue weighted by atomic mass is 9.95. The highest BCUT2D eigenvalue weighted by molar-refractivity contribution is 6.38. The van der Waals surface area contributed by atoms with E-state index in [9.17, 15) is 0 Å². The molecule has 0 bridgehead atoms. The van der Waals surface area contributed by atoms with Crippen LogP contribution in [0.3, 0.4) is 0 Å². The van der Waals surface area contributed by atoms with Gasteiger partial charge >= 0.3 is 0 Å². The maximum atomic E-state index is 5.38. The molecule has 0 aliphatic carbocycles. The molecule has 0 amide bonds. The van der Waals surface area contributed by atoms with Gasteiger partial charge in [-0.05, 0) is 63.7 Å². The van der Waals surface area contributed by atoms with E-state index in [1.165, 1.54) is 59.7 Å². The summed E-state index contributed by atoms with van der Waals surface area (Å²) in [7, 11) is 0. The molecule has 0 spiro atoms. The second-order valence-corrected chi connectivity index (χ2v) is 14.5. The van der Waals surface area contributed by atoms with Crippen molar-refractivity contribution >= 4 is 76.1 Å². The SMILES string of the molecule is c1ccc(-c2ccc(-n3c4ccc5c(c6ccccc6n5-c5nc(-c6ccccc6)c6ccccc6n5)c4c4c5ccccc5c5ccccc5c43)cc2)cc1. The highest BCUT2D eigenvalue weighted by Crippen LogP contribution is 2.47. The fraction of sp³-hybridized carbons (Fsp3) is 0. The van der Waals surface area contributed by atoms with Crippen LogP contribution >= 0.6 is 0 Å². The van der Waals surface area contributed by atoms with E-state index in [4.69, 9.17) is 9.97 Å². The number of rotatable bonds is 4. The lowest BCUT2D eigenvalue weighted by Crippen LogP contribution is -2.03. The molecule has 3 heterocycles. The van der Waals surface area contributed by atoms with Crippen molar-refractivity contribution in [1.82, 2.24) is 19.1 Å². The Labute approximate surface area is 322 Å². The summed E-state index contributed by atoms with van der Waals surface area (Å²) in [6.07, 6.45) is 0. The molecule has 0 unspecified atom stereocenters. The molecule has 56 heavy (non-hydrogen) atoms. The first-order valence-electron chi connectivity index (χ1n) is 19.1. The highest BCUT2D eigenvalue weighted by Gasteiger charge is 2.25. The standard InChI is InChI=1S/C52H32N4/c1-3-15-33(16-4-1)34-27-29-36(30-28-34)55-46-32-31-45-47(49(46)48-39-21-9-7-19-37(39)38-20-8-10-22-40(38)51(48)55)42-24-12-14-26-44(42)56(45)52-53-43-25-13-11-23-41(43)50(54-52)35-17-5-2-6-18-35/h1-32H. The van der Waals surface area contributed by atoms with E-state index in [0.29, 0.717) is 5.95 Å². The lowest BCUT2D eigenvalue weighted by Gasteiger charge is -2.13. The van der Waals surface area contributed by atoms with Gasteiger partial charge in [0, 0.05) is 43.6 Å². The van der Waals surface area contributed by atoms with Gasteiger partial charge in [0.1, 0.15) is 0 Å². The number of hydrogen-bond acceptors (Lipinski definition) is 2. The van der Waals surface area contributed by atoms with Crippen LogP contribution in [0.4, 0.5) is 0 Å². The second kappa shape index (κ2) is 12.0. The van der Waals surface area contributed by atoms with Crippen LogP contribution in [-0.2, 0) is 0 Å². The molecule has 4 heteroatoms. The minimum Gasteiger partial charge on any atom is -0.309 e. The number of benzene rings is 9. The van der Waals surface area contributed by atoms with Crippen LogP contribution in [0.25, 0.3) is 110 Å². The molecule has 0 fully saturated rings. The number of aromatic nitrogens is 4. The number of nitrogens with zero attached hydrogens (tertiary/aromatic N) is 4. The molecular formula is C52H32N4. The van der Waals surface area contributed by atoms with Gasteiger partial charge in [-0.3, -0.25) is 4.57 Å². The molecular weight excluding hydrogens is 681 g/mol. The maximum Gasteiger partial charge on any atom is 0.235 e. The first-order valence-corrected chi connectivity index (χ1v) is 19.1. The Balaban J connectivity index is 1.25. The average Bonchev–Trinajstić information content (AvgIpc) is 3.80. The van der Waals surface area contributed by atoms with Crippen molar-refractivity contribution in [1.29, 1.82) is 0 Å². The van der Waals surface area contributed by atoms with Crippen LogP contribution < -0.4 is 0 Å². The van der Waals surface area contributed by atoms with Gasteiger partial charge in [-0.2, -0.15) is 0 Å². The van der Waals surface area contributed by atoms with Crippen molar-refractivity contribution in [2.45, 2.75) is 0 Å². The van der Waals surface area contributed by atoms with Crippen LogP contribution in [0.2, 0.25) is 0 Å². The molecule has 12 rings (SSSR count). The molecule has 260 valence electrons. The topological polar surface area (TPSA) is 35.6 Å². The van der Waals surface area contributed by atoms with E-state index in [-0.39, 0.29) is 0 Å². The fourth-order valence-electron chi connectivity index (χ4n) is 9.11. The molecule has 0 aliphatic heterocycles. The summed E-state index contributed by atoms with van der Waals surface area (Å²) in [6, 6.07) is 69.5. The van der Waals surface area contributed by atoms with E-state index in [1.807, 2.05) is 6.07 Å². The van der Waals surface area contributed by atoms with Gasteiger partial charge in [-0.15, -0.1) is 0 Å². The zero-order valence-corrected chi connectivity index (χ0v) is 30.3. The van der Waals surface area contributed by atoms with Crippen molar-refractivity contribution in [2.75, 3.05) is 0 Å². The van der Waals surface area contributed by atoms with E-state index in [0.717, 1.165) is 44.4 Å². The zero-order chi connectivity index (χ0) is 36.7.